The lowest BCUT2D eigenvalue weighted by molar-refractivity contribution is -0.301. The maximum absolute atomic E-state index is 13.2. The Morgan fingerprint density at radius 1 is 0.442 bits per heavy atom. The van der Waals surface area contributed by atoms with Crippen molar-refractivity contribution < 1.29 is 58.2 Å². The Morgan fingerprint density at radius 3 is 1.25 bits per heavy atom. The number of hydrogen-bond donors (Lipinski definition) is 3. The van der Waals surface area contributed by atoms with E-state index < -0.39 is 67.3 Å². The molecule has 1 aliphatic heterocycles. The number of allylic oxidation sites excluding steroid dienone is 18. The molecule has 0 aromatic rings. The third-order valence-electron chi connectivity index (χ3n) is 12.8. The molecule has 1 rings (SSSR count). The van der Waals surface area contributed by atoms with Crippen molar-refractivity contribution in [3.8, 4) is 0 Å². The Bertz CT molecular complexity index is 1750. The molecule has 1 saturated heterocycles. The number of esters is 3. The van der Waals surface area contributed by atoms with Crippen molar-refractivity contribution in [1.82, 2.24) is 0 Å². The number of aliphatic carboxylic acids is 1. The zero-order valence-electron chi connectivity index (χ0n) is 47.9. The van der Waals surface area contributed by atoms with E-state index in [2.05, 4.69) is 130 Å². The molecule has 12 nitrogen and oxygen atoms in total. The fourth-order valence-electron chi connectivity index (χ4n) is 8.29. The highest BCUT2D eigenvalue weighted by molar-refractivity contribution is 5.74. The van der Waals surface area contributed by atoms with Crippen molar-refractivity contribution in [3.05, 3.63) is 109 Å². The second-order valence-corrected chi connectivity index (χ2v) is 19.9. The quantitative estimate of drug-likeness (QED) is 0.0228. The average Bonchev–Trinajstić information content (AvgIpc) is 3.42. The molecule has 0 aliphatic carbocycles. The number of aliphatic hydroxyl groups is 2. The summed E-state index contributed by atoms with van der Waals surface area (Å²) in [6.45, 7) is 5.66. The highest BCUT2D eigenvalue weighted by atomic mass is 16.7. The van der Waals surface area contributed by atoms with Crippen molar-refractivity contribution in [1.29, 1.82) is 0 Å². The lowest BCUT2D eigenvalue weighted by Crippen LogP contribution is -2.61. The van der Waals surface area contributed by atoms with Crippen LogP contribution in [0.15, 0.2) is 109 Å². The van der Waals surface area contributed by atoms with Crippen LogP contribution in [0.5, 0.6) is 0 Å². The van der Waals surface area contributed by atoms with Gasteiger partial charge in [-0.05, 0) is 116 Å². The van der Waals surface area contributed by atoms with Crippen LogP contribution >= 0.6 is 0 Å². The minimum atomic E-state index is -1.92. The van der Waals surface area contributed by atoms with E-state index in [0.29, 0.717) is 19.3 Å². The predicted octanol–water partition coefficient (Wildman–Crippen LogP) is 15.4. The first-order chi connectivity index (χ1) is 37.6. The summed E-state index contributed by atoms with van der Waals surface area (Å²) in [6, 6.07) is 0. The molecule has 1 fully saturated rings. The third kappa shape index (κ3) is 42.1. The van der Waals surface area contributed by atoms with E-state index in [1.807, 2.05) is 0 Å². The van der Waals surface area contributed by atoms with E-state index in [1.54, 1.807) is 0 Å². The first-order valence-corrected chi connectivity index (χ1v) is 29.9. The van der Waals surface area contributed by atoms with Crippen molar-refractivity contribution in [2.24, 2.45) is 0 Å². The van der Waals surface area contributed by atoms with E-state index in [0.717, 1.165) is 167 Å². The summed E-state index contributed by atoms with van der Waals surface area (Å²) in [4.78, 5) is 51.2. The molecular formula is C65H104O12. The number of carboxylic acid groups (broad SMARTS) is 1. The SMILES string of the molecule is CC/C=C\C/C=C\C/C=C\C/C=C\CCCCCCCCC(=O)OCC(COC1OC(C(=O)O)C(O)C(O)C1OC(=O)CCCCCCC/C=C\C/C=C\CCC)OC(=O)CCCCCCC/C=C\C/C=C\C/C=C\CC. The van der Waals surface area contributed by atoms with Crippen LogP contribution in [0.2, 0.25) is 0 Å². The minimum Gasteiger partial charge on any atom is -0.479 e. The molecule has 0 amide bonds. The molecule has 6 unspecified atom stereocenters. The van der Waals surface area contributed by atoms with Gasteiger partial charge >= 0.3 is 23.9 Å². The summed E-state index contributed by atoms with van der Waals surface area (Å²) in [5, 5.41) is 31.5. The van der Waals surface area contributed by atoms with Gasteiger partial charge < -0.3 is 39.0 Å². The van der Waals surface area contributed by atoms with Gasteiger partial charge in [0.2, 0.25) is 0 Å². The van der Waals surface area contributed by atoms with Crippen LogP contribution in [0.4, 0.5) is 0 Å². The number of hydrogen-bond acceptors (Lipinski definition) is 11. The molecule has 3 N–H and O–H groups in total. The Labute approximate surface area is 465 Å². The Kier molecular flexibility index (Phi) is 47.6. The maximum atomic E-state index is 13.2. The predicted molar refractivity (Wildman–Crippen MR) is 312 cm³/mol. The van der Waals surface area contributed by atoms with Crippen LogP contribution < -0.4 is 0 Å². The van der Waals surface area contributed by atoms with Gasteiger partial charge in [-0.1, -0.05) is 201 Å². The molecule has 1 aliphatic rings. The zero-order valence-corrected chi connectivity index (χ0v) is 47.9. The van der Waals surface area contributed by atoms with E-state index in [9.17, 15) is 34.5 Å². The minimum absolute atomic E-state index is 0.0355. The van der Waals surface area contributed by atoms with Gasteiger partial charge in [0.1, 0.15) is 18.8 Å². The van der Waals surface area contributed by atoms with Crippen LogP contribution in [0.25, 0.3) is 0 Å². The van der Waals surface area contributed by atoms with Crippen LogP contribution in [-0.2, 0) is 42.9 Å². The number of carboxylic acids is 1. The van der Waals surface area contributed by atoms with Crippen LogP contribution in [-0.4, -0.2) is 89.2 Å². The summed E-state index contributed by atoms with van der Waals surface area (Å²) >= 11 is 0. The number of carbonyl (C=O) groups excluding carboxylic acids is 3. The Balaban J connectivity index is 2.71. The molecule has 0 saturated carbocycles. The van der Waals surface area contributed by atoms with Crippen molar-refractivity contribution >= 4 is 23.9 Å². The normalized spacial score (nSPS) is 18.8. The van der Waals surface area contributed by atoms with Gasteiger partial charge in [0.15, 0.2) is 24.6 Å². The fourth-order valence-corrected chi connectivity index (χ4v) is 8.29. The summed E-state index contributed by atoms with van der Waals surface area (Å²) in [6.07, 6.45) is 57.7. The Morgan fingerprint density at radius 2 is 0.818 bits per heavy atom. The lowest BCUT2D eigenvalue weighted by atomic mass is 9.98. The molecular weight excluding hydrogens is 973 g/mol. The monoisotopic (exact) mass is 1080 g/mol. The van der Waals surface area contributed by atoms with E-state index in [-0.39, 0.29) is 25.9 Å². The van der Waals surface area contributed by atoms with Gasteiger partial charge in [-0.3, -0.25) is 14.4 Å². The first kappa shape index (κ1) is 70.4. The molecule has 1 heterocycles. The molecule has 6 atom stereocenters. The number of unbranched alkanes of at least 4 members (excludes halogenated alkanes) is 17. The molecule has 0 aromatic carbocycles. The Hall–Kier alpha value is -4.62. The average molecular weight is 1080 g/mol. The molecule has 0 radical (unpaired) electrons. The van der Waals surface area contributed by atoms with Crippen LogP contribution in [0.3, 0.4) is 0 Å². The topological polar surface area (TPSA) is 175 Å². The number of carbonyl (C=O) groups is 4. The molecule has 0 bridgehead atoms. The van der Waals surface area contributed by atoms with Crippen molar-refractivity contribution in [3.63, 3.8) is 0 Å². The van der Waals surface area contributed by atoms with Crippen molar-refractivity contribution in [2.75, 3.05) is 13.2 Å². The van der Waals surface area contributed by atoms with E-state index in [4.69, 9.17) is 23.7 Å². The molecule has 436 valence electrons. The molecule has 12 heteroatoms. The maximum Gasteiger partial charge on any atom is 0.335 e. The second kappa shape index (κ2) is 52.1. The van der Waals surface area contributed by atoms with Gasteiger partial charge in [0.05, 0.1) is 6.61 Å². The van der Waals surface area contributed by atoms with Crippen LogP contribution in [0, 0.1) is 0 Å². The van der Waals surface area contributed by atoms with Gasteiger partial charge in [-0.15, -0.1) is 0 Å². The van der Waals surface area contributed by atoms with Gasteiger partial charge in [0.25, 0.3) is 0 Å². The number of rotatable bonds is 49. The van der Waals surface area contributed by atoms with Gasteiger partial charge in [-0.25, -0.2) is 4.79 Å². The standard InChI is InChI=1S/C65H104O12/c1-4-7-10-13-16-19-22-25-27-28-29-30-32-34-36-39-42-45-48-51-57(66)73-54-56(75-58(67)52-49-46-43-40-38-35-31-26-23-20-17-14-11-8-5-2)55-74-65-63(61(70)60(69)62(77-65)64(71)72)76-59(68)53-50-47-44-41-37-33-24-21-18-15-12-9-6-3/h7-8,10-12,15-17,19-21,24-27,29-31,56,60-63,65,69-70H,4-6,9,13-14,18,22-23,28,32-55H2,1-3H3,(H,71,72)/b10-7-,11-8-,15-12-,19-16-,20-17-,24-21-,27-25-,30-29-,31-26-. The highest BCUT2D eigenvalue weighted by Crippen LogP contribution is 2.26. The second-order valence-electron chi connectivity index (χ2n) is 19.9. The summed E-state index contributed by atoms with van der Waals surface area (Å²) in [5.74, 6) is -3.19. The summed E-state index contributed by atoms with van der Waals surface area (Å²) in [5.41, 5.74) is 0. The van der Waals surface area contributed by atoms with Crippen LogP contribution in [0.1, 0.15) is 226 Å². The van der Waals surface area contributed by atoms with E-state index >= 15 is 0 Å². The fraction of sp³-hybridized carbons (Fsp3) is 0.662. The number of aliphatic hydroxyl groups excluding tert-OH is 2. The largest absolute Gasteiger partial charge is 0.479 e. The summed E-state index contributed by atoms with van der Waals surface area (Å²) < 4.78 is 28.4. The number of ether oxygens (including phenoxy) is 5. The molecule has 0 spiro atoms. The smallest absolute Gasteiger partial charge is 0.335 e. The first-order valence-electron chi connectivity index (χ1n) is 29.9. The van der Waals surface area contributed by atoms with Gasteiger partial charge in [0, 0.05) is 19.3 Å². The zero-order chi connectivity index (χ0) is 56.1. The van der Waals surface area contributed by atoms with Gasteiger partial charge in [-0.2, -0.15) is 0 Å². The lowest BCUT2D eigenvalue weighted by Gasteiger charge is -2.40. The van der Waals surface area contributed by atoms with Crippen molar-refractivity contribution in [2.45, 2.75) is 263 Å². The van der Waals surface area contributed by atoms with E-state index in [1.165, 1.54) is 0 Å². The molecule has 77 heavy (non-hydrogen) atoms. The molecule has 0 aromatic heterocycles. The third-order valence-corrected chi connectivity index (χ3v) is 12.8. The highest BCUT2D eigenvalue weighted by Gasteiger charge is 2.50. The summed E-state index contributed by atoms with van der Waals surface area (Å²) in [7, 11) is 0.